The monoisotopic (exact) mass is 267 g/mol. The molecule has 0 fully saturated rings. The van der Waals surface area contributed by atoms with Gasteiger partial charge in [-0.25, -0.2) is 4.39 Å². The lowest BCUT2D eigenvalue weighted by molar-refractivity contribution is -0.0283. The molecule has 1 aromatic carbocycles. The summed E-state index contributed by atoms with van der Waals surface area (Å²) in [5.41, 5.74) is 0.481. The van der Waals surface area contributed by atoms with Crippen molar-refractivity contribution in [2.45, 2.75) is 39.0 Å². The average molecular weight is 267 g/mol. The molecule has 0 saturated carbocycles. The van der Waals surface area contributed by atoms with Crippen LogP contribution < -0.4 is 5.32 Å². The molecule has 1 aromatic rings. The average Bonchev–Trinajstić information content (AvgIpc) is 2.31. The summed E-state index contributed by atoms with van der Waals surface area (Å²) >= 11 is 0. The van der Waals surface area contributed by atoms with Crippen molar-refractivity contribution in [3.05, 3.63) is 48.1 Å². The fourth-order valence-electron chi connectivity index (χ4n) is 1.92. The zero-order chi connectivity index (χ0) is 14.4. The Morgan fingerprint density at radius 2 is 1.89 bits per heavy atom. The summed E-state index contributed by atoms with van der Waals surface area (Å²) in [7, 11) is 1.54. The molecule has 0 amide bonds. The van der Waals surface area contributed by atoms with Crippen LogP contribution in [-0.4, -0.2) is 19.3 Å². The van der Waals surface area contributed by atoms with Crippen LogP contribution in [-0.2, 0) is 9.47 Å². The predicted molar refractivity (Wildman–Crippen MR) is 74.1 cm³/mol. The van der Waals surface area contributed by atoms with Gasteiger partial charge in [-0.2, -0.15) is 0 Å². The Labute approximate surface area is 114 Å². The Hall–Kier alpha value is -1.55. The van der Waals surface area contributed by atoms with E-state index < -0.39 is 6.10 Å². The minimum atomic E-state index is -0.480. The molecule has 0 unspecified atom stereocenters. The molecule has 106 valence electrons. The molecule has 19 heavy (non-hydrogen) atoms. The number of rotatable bonds is 7. The number of methoxy groups -OCH3 is 1. The molecule has 3 nitrogen and oxygen atoms in total. The number of ether oxygens (including phenoxy) is 2. The maximum Gasteiger partial charge on any atom is 0.179 e. The molecule has 0 bridgehead atoms. The van der Waals surface area contributed by atoms with Crippen LogP contribution >= 0.6 is 0 Å². The quantitative estimate of drug-likeness (QED) is 0.768. The van der Waals surface area contributed by atoms with Gasteiger partial charge in [0.05, 0.1) is 0 Å². The standard InChI is InChI=1S/C15H22FNO2/c1-10(2)17-12(4)19-11(3)15(18-5)13-8-6-7-9-14(13)16/h6-11,15,17H,4H2,1-3,5H3/t11-,15+/m0/s1. The summed E-state index contributed by atoms with van der Waals surface area (Å²) in [5, 5.41) is 3.05. The van der Waals surface area contributed by atoms with Crippen LogP contribution in [0.25, 0.3) is 0 Å². The van der Waals surface area contributed by atoms with E-state index in [1.807, 2.05) is 20.8 Å². The summed E-state index contributed by atoms with van der Waals surface area (Å²) in [6.45, 7) is 9.59. The molecule has 2 atom stereocenters. The molecule has 0 aliphatic rings. The highest BCUT2D eigenvalue weighted by Gasteiger charge is 2.23. The molecule has 0 heterocycles. The van der Waals surface area contributed by atoms with Crippen LogP contribution in [0, 0.1) is 5.82 Å². The third-order valence-corrected chi connectivity index (χ3v) is 2.67. The van der Waals surface area contributed by atoms with Gasteiger partial charge >= 0.3 is 0 Å². The third kappa shape index (κ3) is 4.56. The van der Waals surface area contributed by atoms with Crippen molar-refractivity contribution in [2.75, 3.05) is 7.11 Å². The third-order valence-electron chi connectivity index (χ3n) is 2.67. The number of halogens is 1. The lowest BCUT2D eigenvalue weighted by Crippen LogP contribution is -2.28. The Morgan fingerprint density at radius 1 is 1.26 bits per heavy atom. The molecule has 0 aliphatic heterocycles. The van der Waals surface area contributed by atoms with Gasteiger partial charge < -0.3 is 14.8 Å². The first kappa shape index (κ1) is 15.5. The summed E-state index contributed by atoms with van der Waals surface area (Å²) in [6.07, 6.45) is -0.826. The van der Waals surface area contributed by atoms with Gasteiger partial charge in [-0.05, 0) is 33.4 Å². The smallest absolute Gasteiger partial charge is 0.179 e. The van der Waals surface area contributed by atoms with Crippen molar-refractivity contribution in [2.24, 2.45) is 0 Å². The maximum absolute atomic E-state index is 13.8. The van der Waals surface area contributed by atoms with E-state index in [4.69, 9.17) is 9.47 Å². The van der Waals surface area contributed by atoms with Gasteiger partial charge in [-0.3, -0.25) is 0 Å². The Balaban J connectivity index is 2.75. The van der Waals surface area contributed by atoms with Gasteiger partial charge in [0.1, 0.15) is 18.0 Å². The summed E-state index contributed by atoms with van der Waals surface area (Å²) in [5.74, 6) is 0.160. The van der Waals surface area contributed by atoms with Gasteiger partial charge in [0.2, 0.25) is 0 Å². The van der Waals surface area contributed by atoms with Crippen LogP contribution in [0.5, 0.6) is 0 Å². The minimum absolute atomic E-state index is 0.231. The van der Waals surface area contributed by atoms with Crippen molar-refractivity contribution in [1.29, 1.82) is 0 Å². The van der Waals surface area contributed by atoms with Crippen LogP contribution in [0.2, 0.25) is 0 Å². The van der Waals surface area contributed by atoms with Gasteiger partial charge in [-0.15, -0.1) is 0 Å². The highest BCUT2D eigenvalue weighted by molar-refractivity contribution is 5.21. The van der Waals surface area contributed by atoms with Gasteiger partial charge in [0.25, 0.3) is 0 Å². The molecule has 0 radical (unpaired) electrons. The van der Waals surface area contributed by atoms with Gasteiger partial charge in [-0.1, -0.05) is 18.2 Å². The summed E-state index contributed by atoms with van der Waals surface area (Å²) < 4.78 is 24.7. The first-order chi connectivity index (χ1) is 8.95. The van der Waals surface area contributed by atoms with Crippen LogP contribution in [0.4, 0.5) is 4.39 Å². The second kappa shape index (κ2) is 7.14. The zero-order valence-corrected chi connectivity index (χ0v) is 11.9. The van der Waals surface area contributed by atoms with Crippen molar-refractivity contribution in [1.82, 2.24) is 5.32 Å². The second-order valence-corrected chi connectivity index (χ2v) is 4.72. The van der Waals surface area contributed by atoms with E-state index in [0.717, 1.165) is 0 Å². The van der Waals surface area contributed by atoms with Crippen molar-refractivity contribution < 1.29 is 13.9 Å². The highest BCUT2D eigenvalue weighted by Crippen LogP contribution is 2.25. The van der Waals surface area contributed by atoms with E-state index in [1.165, 1.54) is 13.2 Å². The molecule has 0 aliphatic carbocycles. The van der Waals surface area contributed by atoms with E-state index in [1.54, 1.807) is 18.2 Å². The summed E-state index contributed by atoms with van der Waals surface area (Å²) in [6, 6.07) is 6.76. The first-order valence-electron chi connectivity index (χ1n) is 6.35. The molecular formula is C15H22FNO2. The summed E-state index contributed by atoms with van der Waals surface area (Å²) in [4.78, 5) is 0. The number of hydrogen-bond acceptors (Lipinski definition) is 3. The van der Waals surface area contributed by atoms with Crippen molar-refractivity contribution in [3.8, 4) is 0 Å². The first-order valence-corrected chi connectivity index (χ1v) is 6.35. The van der Waals surface area contributed by atoms with E-state index in [2.05, 4.69) is 11.9 Å². The molecule has 0 spiro atoms. The zero-order valence-electron chi connectivity index (χ0n) is 11.9. The van der Waals surface area contributed by atoms with Crippen molar-refractivity contribution >= 4 is 0 Å². The molecule has 1 rings (SSSR count). The van der Waals surface area contributed by atoms with Gasteiger partial charge in [0.15, 0.2) is 5.88 Å². The molecule has 4 heteroatoms. The van der Waals surface area contributed by atoms with E-state index >= 15 is 0 Å². The maximum atomic E-state index is 13.8. The Bertz CT molecular complexity index is 420. The molecular weight excluding hydrogens is 245 g/mol. The van der Waals surface area contributed by atoms with Crippen LogP contribution in [0.3, 0.4) is 0 Å². The normalized spacial score (nSPS) is 14.0. The van der Waals surface area contributed by atoms with Crippen LogP contribution in [0.15, 0.2) is 36.7 Å². The fourth-order valence-corrected chi connectivity index (χ4v) is 1.92. The van der Waals surface area contributed by atoms with Crippen molar-refractivity contribution in [3.63, 3.8) is 0 Å². The van der Waals surface area contributed by atoms with E-state index in [0.29, 0.717) is 11.4 Å². The number of hydrogen-bond donors (Lipinski definition) is 1. The van der Waals surface area contributed by atoms with E-state index in [9.17, 15) is 4.39 Å². The second-order valence-electron chi connectivity index (χ2n) is 4.72. The Morgan fingerprint density at radius 3 is 2.42 bits per heavy atom. The number of benzene rings is 1. The lowest BCUT2D eigenvalue weighted by Gasteiger charge is -2.26. The minimum Gasteiger partial charge on any atom is -0.474 e. The fraction of sp³-hybridized carbons (Fsp3) is 0.467. The van der Waals surface area contributed by atoms with E-state index in [-0.39, 0.29) is 18.0 Å². The predicted octanol–water partition coefficient (Wildman–Crippen LogP) is 3.39. The van der Waals surface area contributed by atoms with Gasteiger partial charge in [0, 0.05) is 18.7 Å². The Kier molecular flexibility index (Phi) is 5.83. The lowest BCUT2D eigenvalue weighted by atomic mass is 10.0. The SMILES string of the molecule is C=C(NC(C)C)O[C@@H](C)[C@@H](OC)c1ccccc1F. The highest BCUT2D eigenvalue weighted by atomic mass is 19.1. The topological polar surface area (TPSA) is 30.5 Å². The molecule has 0 saturated heterocycles. The number of nitrogens with one attached hydrogen (secondary N) is 1. The largest absolute Gasteiger partial charge is 0.474 e. The van der Waals surface area contributed by atoms with Crippen LogP contribution in [0.1, 0.15) is 32.4 Å². The molecule has 0 aromatic heterocycles. The molecule has 1 N–H and O–H groups in total.